The standard InChI is InChI=1S/C22H26ClN3O4S2/c1-15(21(27)25-12-5-2-6-13-25)26-14-11-18(22(26)28)24-32(29,30)20-10-9-19(31-20)16-7-3-4-8-17(16)23/h3-4,7-10,15,18,24H,2,5-6,11-14H2,1H3/t15-,18?/m0/s1. The number of hydrogen-bond donors (Lipinski definition) is 1. The molecule has 2 aromatic rings. The number of hydrogen-bond acceptors (Lipinski definition) is 5. The molecule has 2 fully saturated rings. The van der Waals surface area contributed by atoms with Gasteiger partial charge < -0.3 is 9.80 Å². The van der Waals surface area contributed by atoms with Gasteiger partial charge in [0.25, 0.3) is 10.0 Å². The Morgan fingerprint density at radius 1 is 1.12 bits per heavy atom. The van der Waals surface area contributed by atoms with Crippen LogP contribution in [0.1, 0.15) is 32.6 Å². The quantitative estimate of drug-likeness (QED) is 0.665. The largest absolute Gasteiger partial charge is 0.341 e. The molecule has 2 atom stereocenters. The fourth-order valence-corrected chi connectivity index (χ4v) is 7.10. The van der Waals surface area contributed by atoms with Gasteiger partial charge in [0.2, 0.25) is 11.8 Å². The van der Waals surface area contributed by atoms with E-state index < -0.39 is 22.1 Å². The van der Waals surface area contributed by atoms with Gasteiger partial charge in [-0.2, -0.15) is 4.72 Å². The molecule has 2 saturated heterocycles. The van der Waals surface area contributed by atoms with Crippen molar-refractivity contribution in [2.24, 2.45) is 0 Å². The van der Waals surface area contributed by atoms with Crippen LogP contribution in [0.2, 0.25) is 5.02 Å². The van der Waals surface area contributed by atoms with Crippen molar-refractivity contribution in [3.05, 3.63) is 41.4 Å². The summed E-state index contributed by atoms with van der Waals surface area (Å²) in [4.78, 5) is 29.8. The molecule has 10 heteroatoms. The maximum Gasteiger partial charge on any atom is 0.250 e. The van der Waals surface area contributed by atoms with Crippen molar-refractivity contribution in [2.45, 2.75) is 48.9 Å². The predicted octanol–water partition coefficient (Wildman–Crippen LogP) is 3.35. The number of amides is 2. The molecule has 1 N–H and O–H groups in total. The average Bonchev–Trinajstić information content (AvgIpc) is 3.42. The Balaban J connectivity index is 1.43. The van der Waals surface area contributed by atoms with Crippen molar-refractivity contribution >= 4 is 44.8 Å². The van der Waals surface area contributed by atoms with Gasteiger partial charge in [-0.3, -0.25) is 9.59 Å². The summed E-state index contributed by atoms with van der Waals surface area (Å²) < 4.78 is 28.5. The number of nitrogens with one attached hydrogen (secondary N) is 1. The second-order valence-electron chi connectivity index (χ2n) is 8.15. The zero-order chi connectivity index (χ0) is 22.9. The van der Waals surface area contributed by atoms with Crippen LogP contribution in [0.25, 0.3) is 10.4 Å². The first-order valence-electron chi connectivity index (χ1n) is 10.7. The molecule has 0 bridgehead atoms. The van der Waals surface area contributed by atoms with E-state index in [0.717, 1.165) is 41.0 Å². The van der Waals surface area contributed by atoms with Crippen LogP contribution in [0.5, 0.6) is 0 Å². The van der Waals surface area contributed by atoms with Crippen molar-refractivity contribution in [1.29, 1.82) is 0 Å². The second-order valence-corrected chi connectivity index (χ2v) is 11.6. The summed E-state index contributed by atoms with van der Waals surface area (Å²) in [5.74, 6) is -0.418. The van der Waals surface area contributed by atoms with Crippen LogP contribution >= 0.6 is 22.9 Å². The molecule has 0 saturated carbocycles. The Hall–Kier alpha value is -1.94. The molecule has 0 spiro atoms. The van der Waals surface area contributed by atoms with Crippen molar-refractivity contribution < 1.29 is 18.0 Å². The highest BCUT2D eigenvalue weighted by atomic mass is 35.5. The molecule has 1 aromatic carbocycles. The lowest BCUT2D eigenvalue weighted by atomic mass is 10.1. The maximum absolute atomic E-state index is 12.9. The predicted molar refractivity (Wildman–Crippen MR) is 125 cm³/mol. The number of piperidine rings is 1. The highest BCUT2D eigenvalue weighted by Crippen LogP contribution is 2.35. The van der Waals surface area contributed by atoms with Crippen LogP contribution in [-0.2, 0) is 19.6 Å². The van der Waals surface area contributed by atoms with Crippen molar-refractivity contribution in [3.63, 3.8) is 0 Å². The summed E-state index contributed by atoms with van der Waals surface area (Å²) >= 11 is 7.33. The molecule has 2 aliphatic rings. The van der Waals surface area contributed by atoms with Crippen molar-refractivity contribution in [1.82, 2.24) is 14.5 Å². The van der Waals surface area contributed by atoms with E-state index >= 15 is 0 Å². The Kier molecular flexibility index (Phi) is 6.90. The Bertz CT molecular complexity index is 1110. The highest BCUT2D eigenvalue weighted by Gasteiger charge is 2.40. The molecule has 32 heavy (non-hydrogen) atoms. The van der Waals surface area contributed by atoms with E-state index in [0.29, 0.717) is 31.1 Å². The van der Waals surface area contributed by atoms with E-state index in [2.05, 4.69) is 4.72 Å². The number of nitrogens with zero attached hydrogens (tertiary/aromatic N) is 2. The fourth-order valence-electron chi connectivity index (χ4n) is 4.22. The molecule has 172 valence electrons. The minimum atomic E-state index is -3.88. The SMILES string of the molecule is C[C@@H](C(=O)N1CCCCC1)N1CCC(NS(=O)(=O)c2ccc(-c3ccccc3Cl)s2)C1=O. The average molecular weight is 496 g/mol. The number of likely N-dealkylation sites (tertiary alicyclic amines) is 2. The molecule has 7 nitrogen and oxygen atoms in total. The zero-order valence-corrected chi connectivity index (χ0v) is 20.2. The summed E-state index contributed by atoms with van der Waals surface area (Å²) in [6, 6.07) is 9.00. The van der Waals surface area contributed by atoms with E-state index in [4.69, 9.17) is 11.6 Å². The fraction of sp³-hybridized carbons (Fsp3) is 0.455. The van der Waals surface area contributed by atoms with Crippen LogP contribution in [0.15, 0.2) is 40.6 Å². The lowest BCUT2D eigenvalue weighted by Crippen LogP contribution is -2.51. The van der Waals surface area contributed by atoms with Gasteiger partial charge in [-0.1, -0.05) is 29.8 Å². The van der Waals surface area contributed by atoms with Gasteiger partial charge in [0.05, 0.1) is 0 Å². The Morgan fingerprint density at radius 2 is 1.84 bits per heavy atom. The van der Waals surface area contributed by atoms with E-state index in [1.54, 1.807) is 24.0 Å². The number of benzene rings is 1. The topological polar surface area (TPSA) is 86.8 Å². The zero-order valence-electron chi connectivity index (χ0n) is 17.8. The molecule has 4 rings (SSSR count). The van der Waals surface area contributed by atoms with E-state index in [9.17, 15) is 18.0 Å². The first kappa shape index (κ1) is 23.2. The van der Waals surface area contributed by atoms with Crippen LogP contribution < -0.4 is 4.72 Å². The van der Waals surface area contributed by atoms with Gasteiger partial charge in [-0.25, -0.2) is 8.42 Å². The van der Waals surface area contributed by atoms with Crippen molar-refractivity contribution in [2.75, 3.05) is 19.6 Å². The minimum Gasteiger partial charge on any atom is -0.341 e. The minimum absolute atomic E-state index is 0.0656. The smallest absolute Gasteiger partial charge is 0.250 e. The van der Waals surface area contributed by atoms with Crippen LogP contribution in [0.4, 0.5) is 0 Å². The van der Waals surface area contributed by atoms with Crippen LogP contribution in [0, 0.1) is 0 Å². The number of carbonyl (C=O) groups excluding carboxylic acids is 2. The number of rotatable bonds is 6. The van der Waals surface area contributed by atoms with E-state index in [1.165, 1.54) is 11.0 Å². The first-order valence-corrected chi connectivity index (χ1v) is 13.4. The third-order valence-corrected chi connectivity index (χ3v) is 9.43. The number of carbonyl (C=O) groups is 2. The molecule has 0 radical (unpaired) electrons. The monoisotopic (exact) mass is 495 g/mol. The van der Waals surface area contributed by atoms with E-state index in [1.807, 2.05) is 18.2 Å². The third-order valence-electron chi connectivity index (χ3n) is 6.02. The van der Waals surface area contributed by atoms with Gasteiger partial charge in [0.15, 0.2) is 0 Å². The van der Waals surface area contributed by atoms with Gasteiger partial charge in [0, 0.05) is 35.1 Å². The van der Waals surface area contributed by atoms with Gasteiger partial charge in [-0.05, 0) is 50.8 Å². The molecule has 3 heterocycles. The van der Waals surface area contributed by atoms with Gasteiger partial charge >= 0.3 is 0 Å². The van der Waals surface area contributed by atoms with E-state index in [-0.39, 0.29) is 16.0 Å². The number of thiophene rings is 1. The summed E-state index contributed by atoms with van der Waals surface area (Å²) in [5.41, 5.74) is 0.758. The summed E-state index contributed by atoms with van der Waals surface area (Å²) in [7, 11) is -3.88. The highest BCUT2D eigenvalue weighted by molar-refractivity contribution is 7.91. The Labute approximate surface area is 197 Å². The number of sulfonamides is 1. The molecular formula is C22H26ClN3O4S2. The second kappa shape index (κ2) is 9.51. The first-order chi connectivity index (χ1) is 15.3. The van der Waals surface area contributed by atoms with Crippen molar-refractivity contribution in [3.8, 4) is 10.4 Å². The Morgan fingerprint density at radius 3 is 2.56 bits per heavy atom. The molecule has 2 aliphatic heterocycles. The van der Waals surface area contributed by atoms with Crippen LogP contribution in [0.3, 0.4) is 0 Å². The molecule has 1 unspecified atom stereocenters. The van der Waals surface area contributed by atoms with Crippen LogP contribution in [-0.4, -0.2) is 61.7 Å². The summed E-state index contributed by atoms with van der Waals surface area (Å²) in [6.07, 6.45) is 3.40. The molecule has 2 amide bonds. The maximum atomic E-state index is 12.9. The molecular weight excluding hydrogens is 470 g/mol. The lowest BCUT2D eigenvalue weighted by molar-refractivity contribution is -0.143. The lowest BCUT2D eigenvalue weighted by Gasteiger charge is -2.32. The number of halogens is 1. The van der Waals surface area contributed by atoms with Gasteiger partial charge in [0.1, 0.15) is 16.3 Å². The third kappa shape index (κ3) is 4.71. The van der Waals surface area contributed by atoms with Gasteiger partial charge in [-0.15, -0.1) is 11.3 Å². The molecule has 1 aromatic heterocycles. The summed E-state index contributed by atoms with van der Waals surface area (Å²) in [6.45, 7) is 3.50. The normalized spacial score (nSPS) is 20.6. The molecule has 0 aliphatic carbocycles. The summed E-state index contributed by atoms with van der Waals surface area (Å²) in [5, 5.41) is 0.542.